The second-order valence-electron chi connectivity index (χ2n) is 17.8. The second kappa shape index (κ2) is 18.6. The molecule has 0 heterocycles. The van der Waals surface area contributed by atoms with E-state index >= 15 is 0 Å². The van der Waals surface area contributed by atoms with Crippen molar-refractivity contribution in [3.63, 3.8) is 0 Å². The Hall–Kier alpha value is -1.45. The van der Waals surface area contributed by atoms with Gasteiger partial charge in [-0.15, -0.1) is 0 Å². The van der Waals surface area contributed by atoms with E-state index in [9.17, 15) is 0 Å². The highest BCUT2D eigenvalue weighted by atomic mass is 28.5. The molecule has 0 fully saturated rings. The third kappa shape index (κ3) is 13.8. The summed E-state index contributed by atoms with van der Waals surface area (Å²) in [6, 6.07) is 42.2. The Morgan fingerprint density at radius 3 is 0.964 bits per heavy atom. The zero-order valence-corrected chi connectivity index (χ0v) is 45.1. The van der Waals surface area contributed by atoms with Crippen molar-refractivity contribution in [2.45, 2.75) is 97.3 Å². The molecule has 0 aliphatic rings. The van der Waals surface area contributed by atoms with E-state index in [1.165, 1.54) is 0 Å². The van der Waals surface area contributed by atoms with E-state index in [0.717, 1.165) is 26.4 Å². The molecule has 4 aromatic carbocycles. The van der Waals surface area contributed by atoms with Gasteiger partial charge in [0.1, 0.15) is 0 Å². The minimum atomic E-state index is -3.28. The minimum absolute atomic E-state index is 0.896. The van der Waals surface area contributed by atoms with Gasteiger partial charge in [0, 0.05) is 0 Å². The van der Waals surface area contributed by atoms with Gasteiger partial charge in [0.05, 0.1) is 0 Å². The molecule has 4 rings (SSSR count). The summed E-state index contributed by atoms with van der Waals surface area (Å²) in [7, 11) is -22.2. The molecule has 0 aromatic heterocycles. The van der Waals surface area contributed by atoms with Crippen LogP contribution in [0.15, 0.2) is 121 Å². The summed E-state index contributed by atoms with van der Waals surface area (Å²) in [4.78, 5) is 0. The van der Waals surface area contributed by atoms with Crippen molar-refractivity contribution >= 4 is 98.3 Å². The van der Waals surface area contributed by atoms with Gasteiger partial charge >= 0.3 is 34.2 Å². The summed E-state index contributed by atoms with van der Waals surface area (Å²) < 4.78 is 50.7. The molecule has 0 amide bonds. The molecule has 0 aliphatic carbocycles. The van der Waals surface area contributed by atoms with Crippen LogP contribution >= 0.6 is 0 Å². The largest absolute Gasteiger partial charge is 0.439 e. The van der Waals surface area contributed by atoms with Crippen molar-refractivity contribution in [2.24, 2.45) is 0 Å². The molecular formula is C39H66O7Si9. The molecule has 4 aromatic rings. The Kier molecular flexibility index (Phi) is 15.7. The normalized spacial score (nSPS) is 14.8. The van der Waals surface area contributed by atoms with Crippen LogP contribution in [0.2, 0.25) is 97.3 Å². The third-order valence-corrected chi connectivity index (χ3v) is 43.6. The minimum Gasteiger partial charge on any atom is -0.439 e. The van der Waals surface area contributed by atoms with Crippen LogP contribution in [0.25, 0.3) is 0 Å². The quantitative estimate of drug-likeness (QED) is 0.0847. The Bertz CT molecular complexity index is 1550. The molecule has 2 unspecified atom stereocenters. The van der Waals surface area contributed by atoms with Crippen molar-refractivity contribution in [2.75, 3.05) is 0 Å². The lowest BCUT2D eigenvalue weighted by molar-refractivity contribution is 0.323. The first-order valence-electron chi connectivity index (χ1n) is 19.5. The fourth-order valence-corrected chi connectivity index (χ4v) is 50.7. The van der Waals surface area contributed by atoms with Gasteiger partial charge in [0.15, 0.2) is 34.0 Å². The Labute approximate surface area is 343 Å². The molecule has 2 atom stereocenters. The highest BCUT2D eigenvalue weighted by Gasteiger charge is 2.52. The molecule has 0 bridgehead atoms. The van der Waals surface area contributed by atoms with Crippen LogP contribution < -0.4 is 20.7 Å². The van der Waals surface area contributed by atoms with E-state index in [2.05, 4.69) is 201 Å². The van der Waals surface area contributed by atoms with Crippen LogP contribution in [0, 0.1) is 0 Å². The summed E-state index contributed by atoms with van der Waals surface area (Å²) in [5.41, 5.74) is 0.896. The third-order valence-electron chi connectivity index (χ3n) is 8.46. The van der Waals surface area contributed by atoms with Gasteiger partial charge in [0.2, 0.25) is 0 Å². The van der Waals surface area contributed by atoms with Crippen LogP contribution in [0.1, 0.15) is 0 Å². The predicted molar refractivity (Wildman–Crippen MR) is 253 cm³/mol. The SMILES string of the molecule is C[SiH](C[Si](C)(C)O[SiH](C)O[Si](O[Si](C)(C)O[Si](C)(C)C)(c1ccccc1)c1ccccc1)O[Si](O[Si](C)(C)O[Si](C)(C)C)(c1ccccc1)c1ccccc1. The van der Waals surface area contributed by atoms with E-state index in [-0.39, 0.29) is 0 Å². The number of benzene rings is 4. The molecule has 0 saturated carbocycles. The highest BCUT2D eigenvalue weighted by molar-refractivity contribution is 7.03. The van der Waals surface area contributed by atoms with Gasteiger partial charge in [-0.1, -0.05) is 121 Å². The Morgan fingerprint density at radius 2 is 0.673 bits per heavy atom. The van der Waals surface area contributed by atoms with Crippen LogP contribution in [0.3, 0.4) is 0 Å². The van der Waals surface area contributed by atoms with Gasteiger partial charge in [-0.05, 0) is 118 Å². The summed E-state index contributed by atoms with van der Waals surface area (Å²) in [6.45, 7) is 31.2. The lowest BCUT2D eigenvalue weighted by atomic mass is 10.4. The van der Waals surface area contributed by atoms with Gasteiger partial charge in [0.25, 0.3) is 9.28 Å². The van der Waals surface area contributed by atoms with E-state index < -0.39 is 77.5 Å². The van der Waals surface area contributed by atoms with Crippen LogP contribution in [0.5, 0.6) is 0 Å². The Morgan fingerprint density at radius 1 is 0.382 bits per heavy atom. The van der Waals surface area contributed by atoms with Crippen LogP contribution in [-0.2, 0) is 28.8 Å². The Balaban J connectivity index is 1.69. The molecule has 16 heteroatoms. The molecular weight excluding hydrogens is 833 g/mol. The maximum absolute atomic E-state index is 7.56. The van der Waals surface area contributed by atoms with Crippen LogP contribution in [-0.4, -0.2) is 77.5 Å². The molecule has 0 saturated heterocycles. The van der Waals surface area contributed by atoms with Gasteiger partial charge in [-0.25, -0.2) is 0 Å². The van der Waals surface area contributed by atoms with Crippen molar-refractivity contribution in [1.82, 2.24) is 0 Å². The van der Waals surface area contributed by atoms with Crippen LogP contribution in [0.4, 0.5) is 0 Å². The monoisotopic (exact) mass is 898 g/mol. The van der Waals surface area contributed by atoms with E-state index in [4.69, 9.17) is 28.8 Å². The van der Waals surface area contributed by atoms with Crippen molar-refractivity contribution in [3.05, 3.63) is 121 Å². The fraction of sp³-hybridized carbons (Fsp3) is 0.385. The number of hydrogen-bond acceptors (Lipinski definition) is 7. The average molecular weight is 900 g/mol. The smallest absolute Gasteiger partial charge is 0.389 e. The first-order chi connectivity index (χ1) is 25.5. The maximum atomic E-state index is 7.56. The summed E-state index contributed by atoms with van der Waals surface area (Å²) in [6.07, 6.45) is 0. The highest BCUT2D eigenvalue weighted by Crippen LogP contribution is 2.27. The first kappa shape index (κ1) is 46.2. The number of hydrogen-bond donors (Lipinski definition) is 0. The molecule has 7 nitrogen and oxygen atoms in total. The molecule has 55 heavy (non-hydrogen) atoms. The molecule has 300 valence electrons. The summed E-state index contributed by atoms with van der Waals surface area (Å²) in [5.74, 6) is 0. The molecule has 0 spiro atoms. The van der Waals surface area contributed by atoms with Gasteiger partial charge in [-0.2, -0.15) is 0 Å². The van der Waals surface area contributed by atoms with Gasteiger partial charge in [-0.3, -0.25) is 0 Å². The lowest BCUT2D eigenvalue weighted by Crippen LogP contribution is -2.70. The van der Waals surface area contributed by atoms with E-state index in [0.29, 0.717) is 0 Å². The zero-order valence-electron chi connectivity index (χ0n) is 35.8. The van der Waals surface area contributed by atoms with Gasteiger partial charge < -0.3 is 28.8 Å². The summed E-state index contributed by atoms with van der Waals surface area (Å²) in [5, 5.41) is 4.36. The van der Waals surface area contributed by atoms with E-state index in [1.807, 2.05) is 12.1 Å². The summed E-state index contributed by atoms with van der Waals surface area (Å²) >= 11 is 0. The maximum Gasteiger partial charge on any atom is 0.389 e. The fourth-order valence-electron chi connectivity index (χ4n) is 7.50. The first-order valence-corrected chi connectivity index (χ1v) is 43.2. The standard InChI is InChI=1S/C39H66O7Si9/c1-47(40-54(36-27-19-15-20-28-36,37-29-21-16-22-30-37)45-52(11,12)43-49(3,4)5)35-51(9,10)41-48(2)42-55(38-31-23-17-24-32-38,39-33-25-18-26-34-39)46-53(13,14)44-50(6,7)8/h15-34,47-48H,35H2,1-14H3. The lowest BCUT2D eigenvalue weighted by Gasteiger charge is -2.43. The topological polar surface area (TPSA) is 64.6 Å². The average Bonchev–Trinajstić information content (AvgIpc) is 3.06. The molecule has 0 aliphatic heterocycles. The molecule has 0 N–H and O–H groups in total. The second-order valence-corrected chi connectivity index (χ2v) is 50.7. The predicted octanol–water partition coefficient (Wildman–Crippen LogP) is 7.64. The van der Waals surface area contributed by atoms with Crippen molar-refractivity contribution in [3.8, 4) is 0 Å². The zero-order chi connectivity index (χ0) is 40.8. The van der Waals surface area contributed by atoms with Crippen molar-refractivity contribution in [1.29, 1.82) is 0 Å². The van der Waals surface area contributed by atoms with Crippen molar-refractivity contribution < 1.29 is 28.8 Å². The van der Waals surface area contributed by atoms with E-state index in [1.54, 1.807) is 0 Å². The number of rotatable bonds is 20. The molecule has 0 radical (unpaired) electrons.